The molecule has 0 spiro atoms. The van der Waals surface area contributed by atoms with Gasteiger partial charge in [0.05, 0.1) is 0 Å². The van der Waals surface area contributed by atoms with E-state index in [-0.39, 0.29) is 0 Å². The van der Waals surface area contributed by atoms with Gasteiger partial charge in [0, 0.05) is 45.8 Å². The highest BCUT2D eigenvalue weighted by Gasteiger charge is 2.36. The van der Waals surface area contributed by atoms with E-state index < -0.39 is 0 Å². The molecule has 0 atom stereocenters. The van der Waals surface area contributed by atoms with E-state index >= 15 is 0 Å². The summed E-state index contributed by atoms with van der Waals surface area (Å²) in [6, 6.07) is 37.7. The van der Waals surface area contributed by atoms with E-state index in [1.54, 1.807) is 0 Å². The normalized spacial score (nSPS) is 12.9. The fourth-order valence-electron chi connectivity index (χ4n) is 3.92. The molecule has 1 aliphatic heterocycles. The van der Waals surface area contributed by atoms with E-state index in [1.165, 1.54) is 25.9 Å². The van der Waals surface area contributed by atoms with Crippen LogP contribution in [0.5, 0.6) is 0 Å². The molecule has 0 radical (unpaired) electrons. The molecule has 0 amide bonds. The van der Waals surface area contributed by atoms with Crippen LogP contribution >= 0.6 is 11.3 Å². The Morgan fingerprint density at radius 2 is 1.18 bits per heavy atom. The van der Waals surface area contributed by atoms with Crippen molar-refractivity contribution in [1.82, 2.24) is 9.15 Å². The molecule has 1 aromatic heterocycles. The zero-order valence-electron chi connectivity index (χ0n) is 15.0. The Bertz CT molecular complexity index is 1440. The first kappa shape index (κ1) is 15.5. The van der Waals surface area contributed by atoms with Crippen LogP contribution in [0.1, 0.15) is 0 Å². The number of thiophene rings is 1. The molecule has 5 aromatic rings. The Balaban J connectivity index is 1.69. The smallest absolute Gasteiger partial charge is 0.128 e. The predicted molar refractivity (Wildman–Crippen MR) is 120 cm³/mol. The number of rotatable bonds is 2. The van der Waals surface area contributed by atoms with Gasteiger partial charge in [-0.05, 0) is 15.2 Å². The maximum Gasteiger partial charge on any atom is 0.503 e. The maximum absolute atomic E-state index is 3.60. The quantitative estimate of drug-likeness (QED) is 0.290. The van der Waals surface area contributed by atoms with E-state index in [9.17, 15) is 0 Å². The highest BCUT2D eigenvalue weighted by molar-refractivity contribution is 7.26. The summed E-state index contributed by atoms with van der Waals surface area (Å²) in [4.78, 5) is 0. The molecule has 28 heavy (non-hydrogen) atoms. The zero-order valence-corrected chi connectivity index (χ0v) is 15.9. The minimum Gasteiger partial charge on any atom is -0.128 e. The van der Waals surface area contributed by atoms with Crippen molar-refractivity contribution < 1.29 is 0 Å². The lowest BCUT2D eigenvalue weighted by molar-refractivity contribution is 1.12. The summed E-state index contributed by atoms with van der Waals surface area (Å²) >= 11 is 1.85. The molecular formula is C25H16N2S+2. The first-order valence-corrected chi connectivity index (χ1v) is 10.1. The summed E-state index contributed by atoms with van der Waals surface area (Å²) in [6.07, 6.45) is 0. The summed E-state index contributed by atoms with van der Waals surface area (Å²) < 4.78 is 6.94. The lowest BCUT2D eigenvalue weighted by atomic mass is 10.1. The lowest BCUT2D eigenvalue weighted by Crippen LogP contribution is -2.00. The monoisotopic (exact) mass is 376 g/mol. The number of para-hydroxylation sites is 3. The van der Waals surface area contributed by atoms with Gasteiger partial charge in [-0.25, -0.2) is 0 Å². The first-order valence-electron chi connectivity index (χ1n) is 9.31. The van der Waals surface area contributed by atoms with Crippen molar-refractivity contribution >= 4 is 60.3 Å². The predicted octanol–water partition coefficient (Wildman–Crippen LogP) is 6.91. The standard InChI is InChI=1S/C25H16N2S/c1-2-9-18(10-3-1)26-17-27(22-14-6-5-13-21(22)26)23-15-8-12-20-19-11-4-7-16-24(19)28-25(20)23/h1-16H/q+2. The van der Waals surface area contributed by atoms with Crippen LogP contribution in [0.25, 0.3) is 20.2 Å². The van der Waals surface area contributed by atoms with Gasteiger partial charge in [-0.15, -0.1) is 11.3 Å². The van der Waals surface area contributed by atoms with Crippen LogP contribution in [0.3, 0.4) is 0 Å². The van der Waals surface area contributed by atoms with Gasteiger partial charge in [-0.1, -0.05) is 60.7 Å². The molecule has 2 nitrogen and oxygen atoms in total. The van der Waals surface area contributed by atoms with Gasteiger partial charge in [0.1, 0.15) is 4.70 Å². The van der Waals surface area contributed by atoms with Crippen LogP contribution in [0.15, 0.2) is 97.1 Å². The topological polar surface area (TPSA) is 6.02 Å². The third-order valence-corrected chi connectivity index (χ3v) is 6.41. The van der Waals surface area contributed by atoms with Crippen LogP contribution in [0, 0.1) is 0 Å². The third kappa shape index (κ3) is 2.21. The van der Waals surface area contributed by atoms with Gasteiger partial charge < -0.3 is 0 Å². The molecule has 0 N–H and O–H groups in total. The fourth-order valence-corrected chi connectivity index (χ4v) is 5.12. The molecular weight excluding hydrogens is 360 g/mol. The molecule has 0 saturated carbocycles. The van der Waals surface area contributed by atoms with Crippen molar-refractivity contribution in [2.75, 3.05) is 0 Å². The van der Waals surface area contributed by atoms with Crippen LogP contribution in [0.2, 0.25) is 0 Å². The van der Waals surface area contributed by atoms with Gasteiger partial charge >= 0.3 is 6.01 Å². The van der Waals surface area contributed by atoms with Crippen LogP contribution < -0.4 is 9.15 Å². The Labute approximate surface area is 166 Å². The second-order valence-corrected chi connectivity index (χ2v) is 7.90. The molecule has 0 unspecified atom stereocenters. The van der Waals surface area contributed by atoms with E-state index in [1.807, 2.05) is 17.4 Å². The van der Waals surface area contributed by atoms with E-state index in [4.69, 9.17) is 0 Å². The molecule has 4 aromatic carbocycles. The molecule has 6 rings (SSSR count). The molecule has 0 fully saturated rings. The minimum atomic E-state index is 1.11. The Morgan fingerprint density at radius 1 is 0.536 bits per heavy atom. The van der Waals surface area contributed by atoms with Crippen molar-refractivity contribution in [1.29, 1.82) is 0 Å². The second kappa shape index (κ2) is 6.00. The molecule has 130 valence electrons. The molecule has 3 heteroatoms. The van der Waals surface area contributed by atoms with Gasteiger partial charge in [0.2, 0.25) is 11.4 Å². The largest absolute Gasteiger partial charge is 0.503 e. The fraction of sp³-hybridized carbons (Fsp3) is 0. The highest BCUT2D eigenvalue weighted by Crippen LogP contribution is 2.42. The summed E-state index contributed by atoms with van der Waals surface area (Å²) in [5.74, 6) is 0. The maximum atomic E-state index is 3.60. The molecule has 2 heterocycles. The van der Waals surface area contributed by atoms with E-state index in [2.05, 4.69) is 106 Å². The zero-order chi connectivity index (χ0) is 18.5. The van der Waals surface area contributed by atoms with Crippen LogP contribution in [-0.2, 0) is 0 Å². The SMILES string of the molecule is C1=[N+](c2ccccc2)c2ccccc2[N+]=1c1cccc2c1sc1ccccc12. The molecule has 0 bridgehead atoms. The average Bonchev–Trinajstić information content (AvgIpc) is 3.33. The second-order valence-electron chi connectivity index (χ2n) is 6.85. The Kier molecular flexibility index (Phi) is 3.33. The highest BCUT2D eigenvalue weighted by atomic mass is 32.1. The van der Waals surface area contributed by atoms with Crippen molar-refractivity contribution in [2.24, 2.45) is 0 Å². The lowest BCUT2D eigenvalue weighted by Gasteiger charge is -1.97. The number of nitrogens with zero attached hydrogens (tertiary/aromatic N) is 2. The molecule has 0 saturated heterocycles. The van der Waals surface area contributed by atoms with Gasteiger partial charge in [0.15, 0.2) is 0 Å². The van der Waals surface area contributed by atoms with Gasteiger partial charge in [-0.2, -0.15) is 0 Å². The average molecular weight is 376 g/mol. The number of benzene rings is 4. The number of hydrogen-bond acceptors (Lipinski definition) is 1. The third-order valence-electron chi connectivity index (χ3n) is 5.20. The first-order chi connectivity index (χ1) is 13.9. The summed E-state index contributed by atoms with van der Waals surface area (Å²) in [7, 11) is 0. The van der Waals surface area contributed by atoms with Gasteiger partial charge in [-0.3, -0.25) is 0 Å². The van der Waals surface area contributed by atoms with Crippen LogP contribution in [0.4, 0.5) is 22.7 Å². The van der Waals surface area contributed by atoms with Crippen molar-refractivity contribution in [2.45, 2.75) is 0 Å². The van der Waals surface area contributed by atoms with Crippen molar-refractivity contribution in [3.8, 4) is 0 Å². The van der Waals surface area contributed by atoms with Crippen molar-refractivity contribution in [3.05, 3.63) is 97.1 Å². The van der Waals surface area contributed by atoms with E-state index in [0.29, 0.717) is 0 Å². The van der Waals surface area contributed by atoms with Crippen LogP contribution in [-0.4, -0.2) is 6.01 Å². The Morgan fingerprint density at radius 3 is 2.04 bits per heavy atom. The molecule has 1 aliphatic rings. The minimum absolute atomic E-state index is 1.11. The van der Waals surface area contributed by atoms with Crippen molar-refractivity contribution in [3.63, 3.8) is 0 Å². The van der Waals surface area contributed by atoms with E-state index in [0.717, 1.165) is 17.1 Å². The number of hydrogen-bond donors (Lipinski definition) is 0. The summed E-state index contributed by atoms with van der Waals surface area (Å²) in [5, 5.41) is 2.62. The number of fused-ring (bicyclic) bond motifs is 4. The Hall–Kier alpha value is -3.52. The van der Waals surface area contributed by atoms with Gasteiger partial charge in [0.25, 0.3) is 11.4 Å². The molecule has 0 aliphatic carbocycles. The summed E-state index contributed by atoms with van der Waals surface area (Å²) in [6.45, 7) is 0. The summed E-state index contributed by atoms with van der Waals surface area (Å²) in [5.41, 5.74) is 4.58.